The Kier molecular flexibility index (Phi) is 5.80. The number of halogens is 1. The maximum atomic E-state index is 13.1. The number of ketones is 1. The Bertz CT molecular complexity index is 1230. The van der Waals surface area contributed by atoms with E-state index in [0.29, 0.717) is 22.7 Å². The number of hydrogen-bond acceptors (Lipinski definition) is 3. The number of anilines is 1. The summed E-state index contributed by atoms with van der Waals surface area (Å²) >= 11 is 5.93. The highest BCUT2D eigenvalue weighted by molar-refractivity contribution is 7.91. The molecule has 0 amide bonds. The lowest BCUT2D eigenvalue weighted by molar-refractivity contribution is 0.104. The highest BCUT2D eigenvalue weighted by atomic mass is 35.5. The molecule has 1 aliphatic heterocycles. The van der Waals surface area contributed by atoms with Crippen LogP contribution < -0.4 is 4.31 Å². The zero-order valence-electron chi connectivity index (χ0n) is 16.1. The van der Waals surface area contributed by atoms with Crippen molar-refractivity contribution in [1.29, 1.82) is 0 Å². The highest BCUT2D eigenvalue weighted by Gasteiger charge is 2.31. The predicted molar refractivity (Wildman–Crippen MR) is 122 cm³/mol. The van der Waals surface area contributed by atoms with Gasteiger partial charge in [0.15, 0.2) is 11.0 Å². The van der Waals surface area contributed by atoms with Gasteiger partial charge in [0.2, 0.25) is 5.78 Å². The topological polar surface area (TPSA) is 50.3 Å². The van der Waals surface area contributed by atoms with Crippen LogP contribution in [-0.4, -0.2) is 22.0 Å². The van der Waals surface area contributed by atoms with Crippen molar-refractivity contribution in [3.63, 3.8) is 0 Å². The van der Waals surface area contributed by atoms with Crippen LogP contribution in [-0.2, 0) is 17.4 Å². The molecule has 0 radical (unpaired) electrons. The molecule has 1 atom stereocenters. The first kappa shape index (κ1) is 20.1. The molecular formula is C24H17ClN2O2S. The van der Waals surface area contributed by atoms with E-state index in [1.807, 2.05) is 18.2 Å². The number of carbonyl (C=O) groups excluding carboxylic acids is 1. The molecule has 0 saturated carbocycles. The van der Waals surface area contributed by atoms with Crippen LogP contribution in [0, 0.1) is 11.8 Å². The number of aromatic nitrogens is 1. The second kappa shape index (κ2) is 8.66. The number of benzene rings is 2. The van der Waals surface area contributed by atoms with Crippen LogP contribution in [0.25, 0.3) is 6.08 Å². The van der Waals surface area contributed by atoms with Gasteiger partial charge in [-0.15, -0.1) is 0 Å². The molecular weight excluding hydrogens is 416 g/mol. The number of pyridine rings is 1. The van der Waals surface area contributed by atoms with Crippen molar-refractivity contribution in [1.82, 2.24) is 4.98 Å². The van der Waals surface area contributed by atoms with Crippen LogP contribution in [0.1, 0.15) is 27.0 Å². The molecule has 4 nitrogen and oxygen atoms in total. The van der Waals surface area contributed by atoms with Crippen LogP contribution >= 0.6 is 11.6 Å². The highest BCUT2D eigenvalue weighted by Crippen LogP contribution is 2.33. The smallest absolute Gasteiger partial charge is 0.205 e. The van der Waals surface area contributed by atoms with Gasteiger partial charge in [0.05, 0.1) is 5.69 Å². The second-order valence-corrected chi connectivity index (χ2v) is 8.63. The summed E-state index contributed by atoms with van der Waals surface area (Å²) in [6.45, 7) is 0. The molecule has 148 valence electrons. The molecule has 2 aromatic carbocycles. The Morgan fingerprint density at radius 3 is 2.70 bits per heavy atom. The molecule has 6 heteroatoms. The molecule has 4 rings (SSSR count). The van der Waals surface area contributed by atoms with Crippen molar-refractivity contribution in [3.05, 3.63) is 99.2 Å². The molecule has 2 heterocycles. The average Bonchev–Trinajstić information content (AvgIpc) is 2.77. The Morgan fingerprint density at radius 2 is 1.97 bits per heavy atom. The summed E-state index contributed by atoms with van der Waals surface area (Å²) in [7, 11) is 0.125. The number of rotatable bonds is 2. The fraction of sp³-hybridized carbons (Fsp3) is 0.0833. The summed E-state index contributed by atoms with van der Waals surface area (Å²) in [6, 6.07) is 16.3. The predicted octanol–water partition coefficient (Wildman–Crippen LogP) is 4.67. The van der Waals surface area contributed by atoms with Crippen LogP contribution in [0.4, 0.5) is 5.69 Å². The minimum Gasteiger partial charge on any atom is -0.290 e. The van der Waals surface area contributed by atoms with Gasteiger partial charge in [0.25, 0.3) is 0 Å². The van der Waals surface area contributed by atoms with Gasteiger partial charge in [-0.1, -0.05) is 41.6 Å². The maximum Gasteiger partial charge on any atom is 0.205 e. The van der Waals surface area contributed by atoms with Crippen LogP contribution in [0.2, 0.25) is 5.02 Å². The number of Topliss-reactive ketones (excluding diaryl/α,β-unsaturated/α-hetero) is 1. The molecule has 0 fully saturated rings. The van der Waals surface area contributed by atoms with E-state index in [9.17, 15) is 9.00 Å². The van der Waals surface area contributed by atoms with Crippen molar-refractivity contribution < 1.29 is 9.00 Å². The van der Waals surface area contributed by atoms with E-state index in [0.717, 1.165) is 16.7 Å². The van der Waals surface area contributed by atoms with Crippen LogP contribution in [0.3, 0.4) is 0 Å². The number of allylic oxidation sites excluding steroid dienone is 1. The quantitative estimate of drug-likeness (QED) is 0.437. The minimum absolute atomic E-state index is 0.229. The summed E-state index contributed by atoms with van der Waals surface area (Å²) < 4.78 is 14.5. The Labute approximate surface area is 182 Å². The second-order valence-electron chi connectivity index (χ2n) is 6.71. The molecule has 0 bridgehead atoms. The Morgan fingerprint density at radius 1 is 1.17 bits per heavy atom. The average molecular weight is 433 g/mol. The van der Waals surface area contributed by atoms with Crippen molar-refractivity contribution in [2.75, 3.05) is 11.4 Å². The fourth-order valence-electron chi connectivity index (χ4n) is 3.10. The third-order valence-electron chi connectivity index (χ3n) is 4.66. The van der Waals surface area contributed by atoms with Gasteiger partial charge in [-0.3, -0.25) is 14.1 Å². The Hall–Kier alpha value is -3.20. The number of carbonyl (C=O) groups is 1. The molecule has 0 aliphatic carbocycles. The molecule has 1 aromatic heterocycles. The molecule has 0 N–H and O–H groups in total. The monoisotopic (exact) mass is 432 g/mol. The largest absolute Gasteiger partial charge is 0.290 e. The summed E-state index contributed by atoms with van der Waals surface area (Å²) in [5, 5.41) is 0.602. The first-order chi connectivity index (χ1) is 14.5. The summed E-state index contributed by atoms with van der Waals surface area (Å²) in [5.74, 6) is 5.96. The number of fused-ring (bicyclic) bond motifs is 1. The van der Waals surface area contributed by atoms with Crippen molar-refractivity contribution in [2.45, 2.75) is 6.42 Å². The summed E-state index contributed by atoms with van der Waals surface area (Å²) in [4.78, 5) is 17.4. The van der Waals surface area contributed by atoms with E-state index < -0.39 is 11.0 Å². The normalized spacial score (nSPS) is 16.7. The number of hydrogen-bond donors (Lipinski definition) is 0. The van der Waals surface area contributed by atoms with E-state index in [2.05, 4.69) is 16.8 Å². The fourth-order valence-corrected chi connectivity index (χ4v) is 4.36. The molecule has 1 aliphatic rings. The van der Waals surface area contributed by atoms with Gasteiger partial charge in [0.1, 0.15) is 4.91 Å². The van der Waals surface area contributed by atoms with Gasteiger partial charge < -0.3 is 0 Å². The lowest BCUT2D eigenvalue weighted by Crippen LogP contribution is -2.31. The van der Waals surface area contributed by atoms with Crippen LogP contribution in [0.15, 0.2) is 71.9 Å². The third kappa shape index (κ3) is 4.20. The van der Waals surface area contributed by atoms with E-state index in [4.69, 9.17) is 11.6 Å². The zero-order valence-corrected chi connectivity index (χ0v) is 17.7. The Balaban J connectivity index is 1.66. The summed E-state index contributed by atoms with van der Waals surface area (Å²) in [5.41, 5.74) is 3.65. The van der Waals surface area contributed by atoms with E-state index >= 15 is 0 Å². The van der Waals surface area contributed by atoms with Crippen molar-refractivity contribution in [2.24, 2.45) is 0 Å². The maximum absolute atomic E-state index is 13.1. The third-order valence-corrected chi connectivity index (χ3v) is 6.28. The molecule has 1 unspecified atom stereocenters. The molecule has 30 heavy (non-hydrogen) atoms. The molecule has 0 spiro atoms. The van der Waals surface area contributed by atoms with E-state index in [1.54, 1.807) is 66.2 Å². The first-order valence-corrected chi connectivity index (χ1v) is 10.7. The van der Waals surface area contributed by atoms with Gasteiger partial charge in [-0.05, 0) is 53.6 Å². The van der Waals surface area contributed by atoms with E-state index in [-0.39, 0.29) is 10.7 Å². The summed E-state index contributed by atoms with van der Waals surface area (Å²) in [6.07, 6.45) is 5.73. The number of nitrogens with zero attached hydrogens (tertiary/aromatic N) is 2. The van der Waals surface area contributed by atoms with Crippen molar-refractivity contribution in [3.8, 4) is 11.8 Å². The molecule has 0 saturated heterocycles. The lowest BCUT2D eigenvalue weighted by Gasteiger charge is -2.27. The standard InChI is InChI=1S/C24H17ClN2O2S/c1-27-22-12-9-17(4-2-5-19-6-3-13-26-16-19)14-21(22)24(28)23(30(27)29)15-18-7-10-20(25)11-8-18/h3,6-16H,5H2,1H3/b23-15+. The zero-order chi connectivity index (χ0) is 21.1. The first-order valence-electron chi connectivity index (χ1n) is 9.22. The SMILES string of the molecule is CN1c2ccc(C#CCc3cccnc3)cc2C(=O)/C(=C\c2ccc(Cl)cc2)S1=O. The minimum atomic E-state index is -1.59. The van der Waals surface area contributed by atoms with E-state index in [1.165, 1.54) is 0 Å². The van der Waals surface area contributed by atoms with Crippen LogP contribution in [0.5, 0.6) is 0 Å². The molecule has 3 aromatic rings. The van der Waals surface area contributed by atoms with Gasteiger partial charge in [0, 0.05) is 42.0 Å². The van der Waals surface area contributed by atoms with Crippen molar-refractivity contribution >= 4 is 40.1 Å². The van der Waals surface area contributed by atoms with Gasteiger partial charge >= 0.3 is 0 Å². The lowest BCUT2D eigenvalue weighted by atomic mass is 10.0. The van der Waals surface area contributed by atoms with Gasteiger partial charge in [-0.25, -0.2) is 4.21 Å². The van der Waals surface area contributed by atoms with Gasteiger partial charge in [-0.2, -0.15) is 0 Å².